The van der Waals surface area contributed by atoms with E-state index in [4.69, 9.17) is 33.7 Å². The van der Waals surface area contributed by atoms with Crippen LogP contribution in [0.1, 0.15) is 38.2 Å². The third kappa shape index (κ3) is 6.24. The Morgan fingerprint density at radius 3 is 2.79 bits per heavy atom. The van der Waals surface area contributed by atoms with Crippen LogP contribution in [0.5, 0.6) is 11.6 Å². The number of nitrogens with zero attached hydrogens (tertiary/aromatic N) is 4. The number of likely N-dealkylation sites (tertiary alicyclic amines) is 1. The van der Waals surface area contributed by atoms with Gasteiger partial charge in [0, 0.05) is 38.4 Å². The van der Waals surface area contributed by atoms with Crippen LogP contribution >= 0.6 is 0 Å². The van der Waals surface area contributed by atoms with Gasteiger partial charge in [0.05, 0.1) is 42.8 Å². The highest BCUT2D eigenvalue weighted by atomic mass is 16.7. The monoisotopic (exact) mass is 593 g/mol. The summed E-state index contributed by atoms with van der Waals surface area (Å²) >= 11 is 0. The maximum Gasteiger partial charge on any atom is 0.274 e. The van der Waals surface area contributed by atoms with Crippen molar-refractivity contribution in [2.24, 2.45) is 0 Å². The minimum atomic E-state index is -0.327. The molecule has 43 heavy (non-hydrogen) atoms. The summed E-state index contributed by atoms with van der Waals surface area (Å²) in [4.78, 5) is 25.3. The lowest BCUT2D eigenvalue weighted by Crippen LogP contribution is -2.33. The van der Waals surface area contributed by atoms with Crippen molar-refractivity contribution in [1.29, 1.82) is 0 Å². The third-order valence-corrected chi connectivity index (χ3v) is 8.20. The van der Waals surface area contributed by atoms with Crippen LogP contribution in [0.4, 0.5) is 0 Å². The van der Waals surface area contributed by atoms with E-state index in [1.165, 1.54) is 0 Å². The Kier molecular flexibility index (Phi) is 8.91. The van der Waals surface area contributed by atoms with E-state index >= 15 is 0 Å². The first-order chi connectivity index (χ1) is 20.9. The van der Waals surface area contributed by atoms with E-state index in [1.54, 1.807) is 25.0 Å². The molecule has 2 fully saturated rings. The molecule has 6 rings (SSSR count). The second-order valence-corrected chi connectivity index (χ2v) is 11.2. The summed E-state index contributed by atoms with van der Waals surface area (Å²) < 4.78 is 30.2. The van der Waals surface area contributed by atoms with Gasteiger partial charge in [-0.2, -0.15) is 0 Å². The highest BCUT2D eigenvalue weighted by Crippen LogP contribution is 2.36. The Morgan fingerprint density at radius 2 is 2.05 bits per heavy atom. The molecule has 1 unspecified atom stereocenters. The number of fused-ring (bicyclic) bond motifs is 2. The normalized spacial score (nSPS) is 21.2. The van der Waals surface area contributed by atoms with Crippen LogP contribution in [-0.4, -0.2) is 88.9 Å². The van der Waals surface area contributed by atoms with Gasteiger partial charge in [-0.25, -0.2) is 9.97 Å². The summed E-state index contributed by atoms with van der Waals surface area (Å²) in [6, 6.07) is 9.58. The molecule has 3 atom stereocenters. The zero-order valence-electron chi connectivity index (χ0n) is 24.9. The Balaban J connectivity index is 1.36. The first-order valence-electron chi connectivity index (χ1n) is 14.8. The van der Waals surface area contributed by atoms with E-state index in [0.717, 1.165) is 31.2 Å². The van der Waals surface area contributed by atoms with Gasteiger partial charge < -0.3 is 28.8 Å². The summed E-state index contributed by atoms with van der Waals surface area (Å²) in [5, 5.41) is 13.9. The van der Waals surface area contributed by atoms with Crippen molar-refractivity contribution in [3.05, 3.63) is 46.2 Å². The van der Waals surface area contributed by atoms with Crippen molar-refractivity contribution in [2.45, 2.75) is 64.2 Å². The number of methoxy groups -OCH3 is 2. The highest BCUT2D eigenvalue weighted by Gasteiger charge is 2.27. The molecule has 2 aliphatic rings. The highest BCUT2D eigenvalue weighted by molar-refractivity contribution is 5.95. The second-order valence-electron chi connectivity index (χ2n) is 11.2. The first kappa shape index (κ1) is 29.5. The second kappa shape index (κ2) is 13.0. The van der Waals surface area contributed by atoms with Crippen LogP contribution in [0.3, 0.4) is 0 Å². The molecule has 2 saturated heterocycles. The van der Waals surface area contributed by atoms with Gasteiger partial charge in [0.25, 0.3) is 5.56 Å². The fourth-order valence-electron chi connectivity index (χ4n) is 5.98. The first-order valence-corrected chi connectivity index (χ1v) is 14.8. The zero-order chi connectivity index (χ0) is 29.9. The molecule has 0 aliphatic carbocycles. The molecule has 0 saturated carbocycles. The summed E-state index contributed by atoms with van der Waals surface area (Å²) in [5.74, 6) is 0.818. The molecule has 2 N–H and O–H groups in total. The number of rotatable bonds is 11. The van der Waals surface area contributed by atoms with Crippen molar-refractivity contribution in [3.63, 3.8) is 0 Å². The summed E-state index contributed by atoms with van der Waals surface area (Å²) in [6.07, 6.45) is 3.19. The molecule has 12 heteroatoms. The molecule has 2 aromatic carbocycles. The van der Waals surface area contributed by atoms with E-state index in [-0.39, 0.29) is 30.8 Å². The van der Waals surface area contributed by atoms with Gasteiger partial charge >= 0.3 is 0 Å². The number of benzene rings is 2. The van der Waals surface area contributed by atoms with Crippen LogP contribution in [0.2, 0.25) is 0 Å². The predicted molar refractivity (Wildman–Crippen MR) is 160 cm³/mol. The molecule has 0 spiro atoms. The largest absolute Gasteiger partial charge is 0.479 e. The molecule has 0 bridgehead atoms. The molecule has 0 amide bonds. The average molecular weight is 594 g/mol. The summed E-state index contributed by atoms with van der Waals surface area (Å²) in [7, 11) is 3.11. The van der Waals surface area contributed by atoms with Crippen LogP contribution in [0.25, 0.3) is 33.2 Å². The molecule has 230 valence electrons. The zero-order valence-corrected chi connectivity index (χ0v) is 24.9. The molecule has 0 radical (unpaired) electrons. The van der Waals surface area contributed by atoms with Gasteiger partial charge in [-0.05, 0) is 56.4 Å². The molecule has 12 nitrogen and oxygen atoms in total. The van der Waals surface area contributed by atoms with E-state index in [1.807, 2.05) is 24.3 Å². The van der Waals surface area contributed by atoms with E-state index in [2.05, 4.69) is 16.9 Å². The minimum absolute atomic E-state index is 0.0343. The average Bonchev–Trinajstić information content (AvgIpc) is 3.53. The molecule has 4 aromatic rings. The third-order valence-electron chi connectivity index (χ3n) is 8.20. The van der Waals surface area contributed by atoms with Gasteiger partial charge in [0.2, 0.25) is 5.88 Å². The number of aromatic nitrogens is 4. The topological polar surface area (TPSA) is 133 Å². The van der Waals surface area contributed by atoms with Gasteiger partial charge in [0.1, 0.15) is 11.2 Å². The number of hydrogen-bond acceptors (Lipinski definition) is 10. The quantitative estimate of drug-likeness (QED) is 0.249. The number of hydrogen-bond donors (Lipinski definition) is 2. The van der Waals surface area contributed by atoms with Gasteiger partial charge in [-0.3, -0.25) is 19.5 Å². The summed E-state index contributed by atoms with van der Waals surface area (Å²) in [6.45, 7) is 4.90. The minimum Gasteiger partial charge on any atom is -0.479 e. The lowest BCUT2D eigenvalue weighted by molar-refractivity contribution is -0.168. The number of para-hydroxylation sites is 1. The number of β-amino-alcohol motifs (C(OH)–C–C–N with tert-alkyl or cyclic N) is 1. The Bertz CT molecular complexity index is 1630. The Hall–Kier alpha value is -3.55. The fourth-order valence-corrected chi connectivity index (χ4v) is 5.98. The smallest absolute Gasteiger partial charge is 0.274 e. The van der Waals surface area contributed by atoms with Gasteiger partial charge in [-0.1, -0.05) is 12.1 Å². The Morgan fingerprint density at radius 1 is 1.16 bits per heavy atom. The number of nitrogens with one attached hydrogen (secondary N) is 1. The maximum absolute atomic E-state index is 13.4. The van der Waals surface area contributed by atoms with Crippen molar-refractivity contribution >= 4 is 21.9 Å². The molecular weight excluding hydrogens is 554 g/mol. The lowest BCUT2D eigenvalue weighted by atomic mass is 10.1. The predicted octanol–water partition coefficient (Wildman–Crippen LogP) is 3.43. The standard InChI is InChI=1S/C31H39N5O7/c1-19-13-21(37)16-35(19)10-11-36-31(38)23-8-6-7-22(27(23)34-36)28-30(40-3)32-24-14-20(17-42-26-9-4-5-12-41-26)15-25(29(24)33-28)43-18-39-2/h6-8,14-15,19,21,26,34,37H,4-5,9-13,16-18H2,1-3H3/t19-,21-,26?/m1/s1. The van der Waals surface area contributed by atoms with Gasteiger partial charge in [0.15, 0.2) is 18.8 Å². The SMILES string of the molecule is COCOc1cc(COC2CCCCO2)cc2nc(OC)c(-c3cccc4c(=O)n(CCN5C[C@H](O)C[C@H]5C)[nH]c34)nc12. The van der Waals surface area contributed by atoms with Crippen LogP contribution in [0, 0.1) is 0 Å². The number of aliphatic hydroxyl groups is 1. The number of ether oxygens (including phenoxy) is 5. The number of aliphatic hydroxyl groups excluding tert-OH is 1. The lowest BCUT2D eigenvalue weighted by Gasteiger charge is -2.23. The summed E-state index contributed by atoms with van der Waals surface area (Å²) in [5.41, 5.74) is 3.67. The van der Waals surface area contributed by atoms with Crippen LogP contribution in [-0.2, 0) is 27.4 Å². The maximum atomic E-state index is 13.4. The van der Waals surface area contributed by atoms with Gasteiger partial charge in [-0.15, -0.1) is 0 Å². The van der Waals surface area contributed by atoms with Crippen molar-refractivity contribution in [2.75, 3.05) is 40.7 Å². The number of aromatic amines is 1. The van der Waals surface area contributed by atoms with Crippen molar-refractivity contribution in [3.8, 4) is 22.9 Å². The Labute approximate surface area is 249 Å². The van der Waals surface area contributed by atoms with Crippen LogP contribution < -0.4 is 15.0 Å². The van der Waals surface area contributed by atoms with Crippen molar-refractivity contribution in [1.82, 2.24) is 24.6 Å². The molecule has 4 heterocycles. The molecule has 2 aliphatic heterocycles. The number of H-pyrrole nitrogens is 1. The molecule has 2 aromatic heterocycles. The van der Waals surface area contributed by atoms with E-state index in [0.29, 0.717) is 77.7 Å². The van der Waals surface area contributed by atoms with Crippen LogP contribution in [0.15, 0.2) is 35.1 Å². The molecular formula is C31H39N5O7. The van der Waals surface area contributed by atoms with E-state index in [9.17, 15) is 9.90 Å². The van der Waals surface area contributed by atoms with Crippen molar-refractivity contribution < 1.29 is 28.8 Å². The van der Waals surface area contributed by atoms with E-state index < -0.39 is 0 Å². The fraction of sp³-hybridized carbons (Fsp3) is 0.516.